The summed E-state index contributed by atoms with van der Waals surface area (Å²) < 4.78 is 0. The largest absolute Gasteiger partial charge is 0.322 e. The van der Waals surface area contributed by atoms with Gasteiger partial charge in [-0.05, 0) is 19.1 Å². The van der Waals surface area contributed by atoms with Gasteiger partial charge in [-0.25, -0.2) is 4.98 Å². The van der Waals surface area contributed by atoms with Crippen LogP contribution in [0.15, 0.2) is 18.3 Å². The number of rotatable bonds is 3. The molecule has 0 aromatic carbocycles. The first-order valence-electron chi connectivity index (χ1n) is 6.01. The minimum atomic E-state index is -0.0565. The fraction of sp³-hybridized carbons (Fsp3) is 0.500. The number of anilines is 1. The van der Waals surface area contributed by atoms with Gasteiger partial charge in [-0.2, -0.15) is 0 Å². The number of nitrogens with zero attached hydrogens (tertiary/aromatic N) is 2. The van der Waals surface area contributed by atoms with Crippen molar-refractivity contribution < 1.29 is 4.79 Å². The predicted molar refractivity (Wildman–Crippen MR) is 71.8 cm³/mol. The van der Waals surface area contributed by atoms with Gasteiger partial charge in [0.1, 0.15) is 0 Å². The standard InChI is InChI=1S/C12H17ClN4O/c1-9-7-17(6-5-14-9)8-11(18)16-10-3-2-4-15-12(10)13/h2-4,9,14H,5-8H2,1H3,(H,16,18)/t9-/m0/s1. The number of pyridine rings is 1. The normalized spacial score (nSPS) is 20.7. The molecular formula is C12H17ClN4O. The summed E-state index contributed by atoms with van der Waals surface area (Å²) in [4.78, 5) is 17.9. The van der Waals surface area contributed by atoms with E-state index in [0.717, 1.165) is 19.6 Å². The molecular weight excluding hydrogens is 252 g/mol. The van der Waals surface area contributed by atoms with E-state index in [0.29, 0.717) is 23.4 Å². The Balaban J connectivity index is 1.87. The van der Waals surface area contributed by atoms with E-state index < -0.39 is 0 Å². The molecule has 0 unspecified atom stereocenters. The Morgan fingerprint density at radius 2 is 2.56 bits per heavy atom. The van der Waals surface area contributed by atoms with E-state index in [2.05, 4.69) is 27.4 Å². The van der Waals surface area contributed by atoms with E-state index >= 15 is 0 Å². The highest BCUT2D eigenvalue weighted by Gasteiger charge is 2.18. The zero-order valence-corrected chi connectivity index (χ0v) is 11.1. The Hall–Kier alpha value is -1.17. The fourth-order valence-corrected chi connectivity index (χ4v) is 2.19. The van der Waals surface area contributed by atoms with Crippen LogP contribution in [0.1, 0.15) is 6.92 Å². The van der Waals surface area contributed by atoms with E-state index in [1.165, 1.54) is 0 Å². The minimum Gasteiger partial charge on any atom is -0.322 e. The number of piperazine rings is 1. The Labute approximate surface area is 112 Å². The van der Waals surface area contributed by atoms with Crippen molar-refractivity contribution in [3.05, 3.63) is 23.5 Å². The molecule has 1 aromatic heterocycles. The number of hydrogen-bond acceptors (Lipinski definition) is 4. The Morgan fingerprint density at radius 3 is 3.28 bits per heavy atom. The van der Waals surface area contributed by atoms with Crippen molar-refractivity contribution in [1.29, 1.82) is 0 Å². The van der Waals surface area contributed by atoms with Gasteiger partial charge < -0.3 is 10.6 Å². The highest BCUT2D eigenvalue weighted by Crippen LogP contribution is 2.17. The quantitative estimate of drug-likeness (QED) is 0.802. The first kappa shape index (κ1) is 13.3. The summed E-state index contributed by atoms with van der Waals surface area (Å²) in [5.74, 6) is -0.0565. The molecule has 6 heteroatoms. The molecule has 2 rings (SSSR count). The number of carbonyl (C=O) groups excluding carboxylic acids is 1. The van der Waals surface area contributed by atoms with Gasteiger partial charge in [0.2, 0.25) is 5.91 Å². The molecule has 1 amide bonds. The molecule has 1 atom stereocenters. The van der Waals surface area contributed by atoms with Crippen LogP contribution in [0, 0.1) is 0 Å². The van der Waals surface area contributed by atoms with Crippen LogP contribution >= 0.6 is 11.6 Å². The van der Waals surface area contributed by atoms with Crippen LogP contribution < -0.4 is 10.6 Å². The van der Waals surface area contributed by atoms with Crippen LogP contribution in [0.25, 0.3) is 0 Å². The van der Waals surface area contributed by atoms with Gasteiger partial charge in [0.15, 0.2) is 5.15 Å². The monoisotopic (exact) mass is 268 g/mol. The Kier molecular flexibility index (Phi) is 4.52. The molecule has 1 saturated heterocycles. The van der Waals surface area contributed by atoms with Crippen molar-refractivity contribution in [3.8, 4) is 0 Å². The maximum Gasteiger partial charge on any atom is 0.238 e. The van der Waals surface area contributed by atoms with Gasteiger partial charge in [0.25, 0.3) is 0 Å². The molecule has 1 aliphatic heterocycles. The van der Waals surface area contributed by atoms with E-state index in [-0.39, 0.29) is 5.91 Å². The number of carbonyl (C=O) groups is 1. The first-order chi connectivity index (χ1) is 8.65. The molecule has 18 heavy (non-hydrogen) atoms. The summed E-state index contributed by atoms with van der Waals surface area (Å²) in [6.07, 6.45) is 1.59. The van der Waals surface area contributed by atoms with Crippen LogP contribution in [0.5, 0.6) is 0 Å². The van der Waals surface area contributed by atoms with Crippen molar-refractivity contribution in [2.24, 2.45) is 0 Å². The Bertz CT molecular complexity index is 426. The summed E-state index contributed by atoms with van der Waals surface area (Å²) in [7, 11) is 0. The number of hydrogen-bond donors (Lipinski definition) is 2. The summed E-state index contributed by atoms with van der Waals surface area (Å²) in [5, 5.41) is 6.44. The van der Waals surface area contributed by atoms with Crippen LogP contribution in [0.2, 0.25) is 5.15 Å². The first-order valence-corrected chi connectivity index (χ1v) is 6.39. The summed E-state index contributed by atoms with van der Waals surface area (Å²) in [6, 6.07) is 3.91. The Morgan fingerprint density at radius 1 is 1.72 bits per heavy atom. The second-order valence-corrected chi connectivity index (χ2v) is 4.84. The van der Waals surface area contributed by atoms with Crippen molar-refractivity contribution in [2.45, 2.75) is 13.0 Å². The highest BCUT2D eigenvalue weighted by atomic mass is 35.5. The number of amides is 1. The lowest BCUT2D eigenvalue weighted by atomic mass is 10.2. The lowest BCUT2D eigenvalue weighted by molar-refractivity contribution is -0.117. The lowest BCUT2D eigenvalue weighted by Gasteiger charge is -2.31. The third-order valence-corrected chi connectivity index (χ3v) is 3.15. The molecule has 2 heterocycles. The van der Waals surface area contributed by atoms with E-state index in [9.17, 15) is 4.79 Å². The third kappa shape index (κ3) is 3.66. The van der Waals surface area contributed by atoms with E-state index in [4.69, 9.17) is 11.6 Å². The van der Waals surface area contributed by atoms with Crippen LogP contribution in [-0.4, -0.2) is 48.0 Å². The van der Waals surface area contributed by atoms with E-state index in [1.807, 2.05) is 0 Å². The molecule has 0 saturated carbocycles. The van der Waals surface area contributed by atoms with Crippen molar-refractivity contribution in [3.63, 3.8) is 0 Å². The molecule has 0 spiro atoms. The van der Waals surface area contributed by atoms with Crippen LogP contribution in [0.4, 0.5) is 5.69 Å². The van der Waals surface area contributed by atoms with Gasteiger partial charge in [-0.1, -0.05) is 11.6 Å². The molecule has 1 fully saturated rings. The predicted octanol–water partition coefficient (Wildman–Crippen LogP) is 0.967. The third-order valence-electron chi connectivity index (χ3n) is 2.85. The smallest absolute Gasteiger partial charge is 0.238 e. The van der Waals surface area contributed by atoms with Crippen LogP contribution in [-0.2, 0) is 4.79 Å². The van der Waals surface area contributed by atoms with Gasteiger partial charge in [0.05, 0.1) is 12.2 Å². The number of aromatic nitrogens is 1. The number of nitrogens with one attached hydrogen (secondary N) is 2. The molecule has 5 nitrogen and oxygen atoms in total. The molecule has 0 radical (unpaired) electrons. The zero-order chi connectivity index (χ0) is 13.0. The van der Waals surface area contributed by atoms with E-state index in [1.54, 1.807) is 18.3 Å². The topological polar surface area (TPSA) is 57.3 Å². The van der Waals surface area contributed by atoms with Gasteiger partial charge in [-0.3, -0.25) is 9.69 Å². The second kappa shape index (κ2) is 6.13. The fourth-order valence-electron chi connectivity index (χ4n) is 2.03. The average molecular weight is 269 g/mol. The van der Waals surface area contributed by atoms with Gasteiger partial charge in [0, 0.05) is 31.9 Å². The molecule has 2 N–H and O–H groups in total. The molecule has 1 aromatic rings. The lowest BCUT2D eigenvalue weighted by Crippen LogP contribution is -2.51. The zero-order valence-electron chi connectivity index (χ0n) is 10.3. The second-order valence-electron chi connectivity index (χ2n) is 4.48. The number of halogens is 1. The molecule has 0 bridgehead atoms. The summed E-state index contributed by atoms with van der Waals surface area (Å²) in [6.45, 7) is 5.19. The highest BCUT2D eigenvalue weighted by molar-refractivity contribution is 6.32. The molecule has 0 aliphatic carbocycles. The van der Waals surface area contributed by atoms with Crippen molar-refractivity contribution in [1.82, 2.24) is 15.2 Å². The van der Waals surface area contributed by atoms with Crippen molar-refractivity contribution in [2.75, 3.05) is 31.5 Å². The van der Waals surface area contributed by atoms with Gasteiger partial charge in [-0.15, -0.1) is 0 Å². The molecule has 1 aliphatic rings. The summed E-state index contributed by atoms with van der Waals surface area (Å²) >= 11 is 5.88. The molecule has 98 valence electrons. The minimum absolute atomic E-state index is 0.0565. The SMILES string of the molecule is C[C@H]1CN(CC(=O)Nc2cccnc2Cl)CCN1. The van der Waals surface area contributed by atoms with Crippen LogP contribution in [0.3, 0.4) is 0 Å². The van der Waals surface area contributed by atoms with Crippen molar-refractivity contribution >= 4 is 23.2 Å². The average Bonchev–Trinajstić information content (AvgIpc) is 2.32. The van der Waals surface area contributed by atoms with Gasteiger partial charge >= 0.3 is 0 Å². The maximum absolute atomic E-state index is 11.9. The summed E-state index contributed by atoms with van der Waals surface area (Å²) in [5.41, 5.74) is 0.562. The maximum atomic E-state index is 11.9.